The molecule has 1 N–H and O–H groups in total. The number of benzene rings is 1. The minimum Gasteiger partial charge on any atom is -0.326 e. The number of hydrogen-bond donors (Lipinski definition) is 1. The average Bonchev–Trinajstić information content (AvgIpc) is 2.54. The predicted molar refractivity (Wildman–Crippen MR) is 87.0 cm³/mol. The summed E-state index contributed by atoms with van der Waals surface area (Å²) in [5, 5.41) is 2.58. The van der Waals surface area contributed by atoms with Crippen molar-refractivity contribution in [2.75, 3.05) is 32.5 Å². The molecule has 1 fully saturated rings. The van der Waals surface area contributed by atoms with E-state index < -0.39 is 21.9 Å². The van der Waals surface area contributed by atoms with Gasteiger partial charge in [-0.05, 0) is 37.1 Å². The van der Waals surface area contributed by atoms with Gasteiger partial charge in [-0.1, -0.05) is 0 Å². The van der Waals surface area contributed by atoms with Crippen LogP contribution in [0, 0.1) is 5.92 Å². The molecule has 0 saturated carbocycles. The summed E-state index contributed by atoms with van der Waals surface area (Å²) in [5.74, 6) is -0.697. The second-order valence-corrected chi connectivity index (χ2v) is 8.17. The van der Waals surface area contributed by atoms with Gasteiger partial charge in [-0.15, -0.1) is 0 Å². The first kappa shape index (κ1) is 19.7. The fourth-order valence-corrected chi connectivity index (χ4v) is 3.70. The van der Waals surface area contributed by atoms with E-state index in [0.29, 0.717) is 12.8 Å². The van der Waals surface area contributed by atoms with Crippen molar-refractivity contribution in [3.8, 4) is 0 Å². The van der Waals surface area contributed by atoms with Crippen molar-refractivity contribution in [3.05, 3.63) is 29.8 Å². The topological polar surface area (TPSA) is 69.7 Å². The first-order valence-electron chi connectivity index (χ1n) is 7.67. The van der Waals surface area contributed by atoms with Crippen molar-refractivity contribution in [1.29, 1.82) is 0 Å². The summed E-state index contributed by atoms with van der Waals surface area (Å²) in [6, 6.07) is 4.21. The van der Waals surface area contributed by atoms with Crippen molar-refractivity contribution in [1.82, 2.24) is 8.61 Å². The molecule has 1 aromatic carbocycles. The molecule has 1 saturated heterocycles. The summed E-state index contributed by atoms with van der Waals surface area (Å²) in [4.78, 5) is 12.2. The molecule has 0 aliphatic carbocycles. The van der Waals surface area contributed by atoms with Crippen LogP contribution in [0.4, 0.5) is 18.9 Å². The molecule has 1 aliphatic heterocycles. The molecule has 1 amide bonds. The molecule has 0 aromatic heterocycles. The molecular weight excluding hydrogens is 359 g/mol. The Kier molecular flexibility index (Phi) is 5.75. The summed E-state index contributed by atoms with van der Waals surface area (Å²) < 4.78 is 64.0. The molecule has 140 valence electrons. The first-order valence-corrected chi connectivity index (χ1v) is 9.07. The normalized spacial score (nSPS) is 17.7. The van der Waals surface area contributed by atoms with E-state index in [-0.39, 0.29) is 30.6 Å². The van der Waals surface area contributed by atoms with Crippen LogP contribution >= 0.6 is 0 Å². The van der Waals surface area contributed by atoms with E-state index in [0.717, 1.165) is 16.4 Å². The second kappa shape index (κ2) is 7.30. The summed E-state index contributed by atoms with van der Waals surface area (Å²) >= 11 is 0. The highest BCUT2D eigenvalue weighted by molar-refractivity contribution is 7.86. The maximum atomic E-state index is 12.5. The van der Waals surface area contributed by atoms with Gasteiger partial charge in [0.05, 0.1) is 5.56 Å². The number of halogens is 3. The Labute approximate surface area is 144 Å². The van der Waals surface area contributed by atoms with Gasteiger partial charge in [0.25, 0.3) is 10.2 Å². The van der Waals surface area contributed by atoms with Gasteiger partial charge in [0.15, 0.2) is 0 Å². The van der Waals surface area contributed by atoms with E-state index >= 15 is 0 Å². The third kappa shape index (κ3) is 4.71. The largest absolute Gasteiger partial charge is 0.416 e. The highest BCUT2D eigenvalue weighted by Gasteiger charge is 2.33. The van der Waals surface area contributed by atoms with Crippen LogP contribution in [0.1, 0.15) is 18.4 Å². The van der Waals surface area contributed by atoms with Gasteiger partial charge in [0, 0.05) is 38.8 Å². The van der Waals surface area contributed by atoms with Gasteiger partial charge in [-0.3, -0.25) is 4.79 Å². The SMILES string of the molecule is CN(C)S(=O)(=O)N1CCC(C(=O)Nc2ccc(C(F)(F)F)cc2)CC1. The van der Waals surface area contributed by atoms with Crippen molar-refractivity contribution in [2.24, 2.45) is 5.92 Å². The Hall–Kier alpha value is -1.65. The molecule has 0 unspecified atom stereocenters. The van der Waals surface area contributed by atoms with E-state index in [9.17, 15) is 26.4 Å². The standard InChI is InChI=1S/C15H20F3N3O3S/c1-20(2)25(23,24)21-9-7-11(8-10-21)14(22)19-13-5-3-12(4-6-13)15(16,17)18/h3-6,11H,7-10H2,1-2H3,(H,19,22). The minimum atomic E-state index is -4.42. The van der Waals surface area contributed by atoms with Crippen LogP contribution in [0.25, 0.3) is 0 Å². The Morgan fingerprint density at radius 2 is 1.68 bits per heavy atom. The molecule has 0 atom stereocenters. The highest BCUT2D eigenvalue weighted by Crippen LogP contribution is 2.30. The number of nitrogens with zero attached hydrogens (tertiary/aromatic N) is 2. The van der Waals surface area contributed by atoms with E-state index in [1.807, 2.05) is 0 Å². The maximum absolute atomic E-state index is 12.5. The Morgan fingerprint density at radius 3 is 2.12 bits per heavy atom. The van der Waals surface area contributed by atoms with Gasteiger partial charge in [-0.25, -0.2) is 0 Å². The smallest absolute Gasteiger partial charge is 0.326 e. The number of carbonyl (C=O) groups is 1. The number of nitrogens with one attached hydrogen (secondary N) is 1. The number of amides is 1. The number of hydrogen-bond acceptors (Lipinski definition) is 3. The lowest BCUT2D eigenvalue weighted by Crippen LogP contribution is -2.46. The number of anilines is 1. The number of piperidine rings is 1. The fourth-order valence-electron chi connectivity index (χ4n) is 2.57. The molecule has 10 heteroatoms. The minimum absolute atomic E-state index is 0.228. The van der Waals surface area contributed by atoms with Crippen LogP contribution in [-0.4, -0.2) is 50.1 Å². The van der Waals surface area contributed by atoms with Crippen molar-refractivity contribution in [3.63, 3.8) is 0 Å². The van der Waals surface area contributed by atoms with Crippen LogP contribution in [0.5, 0.6) is 0 Å². The monoisotopic (exact) mass is 379 g/mol. The lowest BCUT2D eigenvalue weighted by molar-refractivity contribution is -0.137. The third-order valence-electron chi connectivity index (χ3n) is 4.09. The van der Waals surface area contributed by atoms with E-state index in [4.69, 9.17) is 0 Å². The van der Waals surface area contributed by atoms with Crippen molar-refractivity contribution in [2.45, 2.75) is 19.0 Å². The van der Waals surface area contributed by atoms with Crippen LogP contribution in [-0.2, 0) is 21.2 Å². The number of rotatable bonds is 4. The quantitative estimate of drug-likeness (QED) is 0.872. The molecule has 25 heavy (non-hydrogen) atoms. The molecule has 0 radical (unpaired) electrons. The molecular formula is C15H20F3N3O3S. The van der Waals surface area contributed by atoms with E-state index in [1.54, 1.807) is 0 Å². The summed E-state index contributed by atoms with van der Waals surface area (Å²) in [6.45, 7) is 0.456. The van der Waals surface area contributed by atoms with Crippen LogP contribution < -0.4 is 5.32 Å². The van der Waals surface area contributed by atoms with E-state index in [1.165, 1.54) is 30.5 Å². The number of alkyl halides is 3. The van der Waals surface area contributed by atoms with Crippen molar-refractivity contribution >= 4 is 21.8 Å². The first-order chi connectivity index (χ1) is 11.5. The van der Waals surface area contributed by atoms with Crippen LogP contribution in [0.15, 0.2) is 24.3 Å². The van der Waals surface area contributed by atoms with Gasteiger partial charge in [-0.2, -0.15) is 30.2 Å². The molecule has 1 heterocycles. The maximum Gasteiger partial charge on any atom is 0.416 e. The van der Waals surface area contributed by atoms with Crippen molar-refractivity contribution < 1.29 is 26.4 Å². The Morgan fingerprint density at radius 1 is 1.16 bits per heavy atom. The molecule has 1 aliphatic rings. The lowest BCUT2D eigenvalue weighted by Gasteiger charge is -2.32. The molecule has 0 spiro atoms. The van der Waals surface area contributed by atoms with E-state index in [2.05, 4.69) is 5.32 Å². The summed E-state index contributed by atoms with van der Waals surface area (Å²) in [6.07, 6.45) is -3.70. The van der Waals surface area contributed by atoms with Gasteiger partial charge in [0.2, 0.25) is 5.91 Å². The fraction of sp³-hybridized carbons (Fsp3) is 0.533. The second-order valence-electron chi connectivity index (χ2n) is 6.03. The Balaban J connectivity index is 1.93. The lowest BCUT2D eigenvalue weighted by atomic mass is 9.97. The van der Waals surface area contributed by atoms with Gasteiger partial charge >= 0.3 is 6.18 Å². The average molecular weight is 379 g/mol. The van der Waals surface area contributed by atoms with Crippen LogP contribution in [0.2, 0.25) is 0 Å². The molecule has 0 bridgehead atoms. The molecule has 1 aromatic rings. The zero-order valence-corrected chi connectivity index (χ0v) is 14.7. The summed E-state index contributed by atoms with van der Waals surface area (Å²) in [7, 11) is -0.612. The highest BCUT2D eigenvalue weighted by atomic mass is 32.2. The zero-order chi connectivity index (χ0) is 18.8. The summed E-state index contributed by atoms with van der Waals surface area (Å²) in [5.41, 5.74) is -0.506. The molecule has 6 nitrogen and oxygen atoms in total. The zero-order valence-electron chi connectivity index (χ0n) is 13.9. The molecule has 2 rings (SSSR count). The van der Waals surface area contributed by atoms with Crippen LogP contribution in [0.3, 0.4) is 0 Å². The predicted octanol–water partition coefficient (Wildman–Crippen LogP) is 2.16. The Bertz CT molecular complexity index is 710. The third-order valence-corrected chi connectivity index (χ3v) is 6.03. The number of carbonyl (C=O) groups excluding carboxylic acids is 1. The van der Waals surface area contributed by atoms with Gasteiger partial charge in [0.1, 0.15) is 0 Å². The van der Waals surface area contributed by atoms with Gasteiger partial charge < -0.3 is 5.32 Å².